The van der Waals surface area contributed by atoms with E-state index in [1.165, 1.54) is 11.6 Å². The van der Waals surface area contributed by atoms with Gasteiger partial charge in [-0.2, -0.15) is 11.3 Å². The number of thiophene rings is 1. The van der Waals surface area contributed by atoms with Crippen LogP contribution >= 0.6 is 11.3 Å². The zero-order valence-electron chi connectivity index (χ0n) is 13.0. The van der Waals surface area contributed by atoms with Crippen molar-refractivity contribution in [1.82, 2.24) is 4.90 Å². The van der Waals surface area contributed by atoms with E-state index in [2.05, 4.69) is 27.0 Å². The molecule has 122 valence electrons. The fraction of sp³-hybridized carbons (Fsp3) is 0.444. The van der Waals surface area contributed by atoms with Gasteiger partial charge in [-0.25, -0.2) is 4.39 Å². The Morgan fingerprint density at radius 2 is 2.35 bits per heavy atom. The highest BCUT2D eigenvalue weighted by molar-refractivity contribution is 7.07. The Balaban J connectivity index is 1.34. The van der Waals surface area contributed by atoms with Gasteiger partial charge in [0, 0.05) is 31.7 Å². The van der Waals surface area contributed by atoms with E-state index in [0.29, 0.717) is 6.61 Å². The van der Waals surface area contributed by atoms with Gasteiger partial charge in [0.2, 0.25) is 0 Å². The highest BCUT2D eigenvalue weighted by Gasteiger charge is 2.45. The smallest absolute Gasteiger partial charge is 0.125 e. The zero-order chi connectivity index (χ0) is 15.7. The maximum atomic E-state index is 13.3. The number of anilines is 1. The normalized spacial score (nSPS) is 27.8. The predicted molar refractivity (Wildman–Crippen MR) is 91.3 cm³/mol. The van der Waals surface area contributed by atoms with Crippen molar-refractivity contribution in [3.05, 3.63) is 52.5 Å². The number of hydrogen-bond acceptors (Lipinski definition) is 4. The Kier molecular flexibility index (Phi) is 4.09. The molecule has 0 radical (unpaired) electrons. The third kappa shape index (κ3) is 3.42. The largest absolute Gasteiger partial charge is 0.380 e. The van der Waals surface area contributed by atoms with Crippen molar-refractivity contribution in [2.24, 2.45) is 0 Å². The topological polar surface area (TPSA) is 24.5 Å². The van der Waals surface area contributed by atoms with E-state index in [4.69, 9.17) is 4.74 Å². The third-order valence-electron chi connectivity index (χ3n) is 4.79. The lowest BCUT2D eigenvalue weighted by molar-refractivity contribution is 0.0120. The van der Waals surface area contributed by atoms with Gasteiger partial charge >= 0.3 is 0 Å². The number of hydrogen-bond donors (Lipinski definition) is 1. The van der Waals surface area contributed by atoms with Gasteiger partial charge in [0.05, 0.1) is 18.2 Å². The van der Waals surface area contributed by atoms with E-state index in [1.54, 1.807) is 23.5 Å². The molecule has 2 fully saturated rings. The Bertz CT molecular complexity index is 663. The lowest BCUT2D eigenvalue weighted by Gasteiger charge is -2.23. The molecule has 1 aromatic carbocycles. The Morgan fingerprint density at radius 3 is 3.17 bits per heavy atom. The van der Waals surface area contributed by atoms with E-state index in [-0.39, 0.29) is 17.5 Å². The van der Waals surface area contributed by atoms with Crippen molar-refractivity contribution in [2.75, 3.05) is 25.0 Å². The first-order valence-electron chi connectivity index (χ1n) is 8.10. The molecule has 5 heteroatoms. The second-order valence-corrected chi connectivity index (χ2v) is 7.42. The van der Waals surface area contributed by atoms with E-state index < -0.39 is 0 Å². The number of halogens is 1. The van der Waals surface area contributed by atoms with Crippen LogP contribution < -0.4 is 5.32 Å². The zero-order valence-corrected chi connectivity index (χ0v) is 13.8. The fourth-order valence-corrected chi connectivity index (χ4v) is 4.40. The second kappa shape index (κ2) is 6.23. The SMILES string of the molecule is Fc1cccc(N[C@@H]2CO[C@@]3(CCN(Cc4ccsc4)C3)C2)c1. The van der Waals surface area contributed by atoms with Gasteiger partial charge in [-0.05, 0) is 47.0 Å². The molecule has 0 saturated carbocycles. The third-order valence-corrected chi connectivity index (χ3v) is 5.52. The minimum absolute atomic E-state index is 0.0268. The van der Waals surface area contributed by atoms with E-state index >= 15 is 0 Å². The second-order valence-electron chi connectivity index (χ2n) is 6.64. The van der Waals surface area contributed by atoms with Crippen LogP contribution in [0.5, 0.6) is 0 Å². The first-order chi connectivity index (χ1) is 11.2. The summed E-state index contributed by atoms with van der Waals surface area (Å²) in [6.45, 7) is 3.78. The Morgan fingerprint density at radius 1 is 1.39 bits per heavy atom. The molecule has 4 rings (SSSR count). The average molecular weight is 332 g/mol. The summed E-state index contributed by atoms with van der Waals surface area (Å²) in [5, 5.41) is 7.76. The molecule has 2 atom stereocenters. The van der Waals surface area contributed by atoms with Crippen molar-refractivity contribution >= 4 is 17.0 Å². The summed E-state index contributed by atoms with van der Waals surface area (Å²) >= 11 is 1.75. The van der Waals surface area contributed by atoms with Crippen molar-refractivity contribution < 1.29 is 9.13 Å². The van der Waals surface area contributed by atoms with Crippen LogP contribution in [0.15, 0.2) is 41.1 Å². The highest BCUT2D eigenvalue weighted by Crippen LogP contribution is 2.36. The fourth-order valence-electron chi connectivity index (χ4n) is 3.74. The van der Waals surface area contributed by atoms with E-state index in [0.717, 1.165) is 38.2 Å². The summed E-state index contributed by atoms with van der Waals surface area (Å²) in [4.78, 5) is 2.48. The number of likely N-dealkylation sites (tertiary alicyclic amines) is 1. The van der Waals surface area contributed by atoms with Crippen LogP contribution in [0, 0.1) is 5.82 Å². The number of benzene rings is 1. The minimum atomic E-state index is -0.202. The minimum Gasteiger partial charge on any atom is -0.380 e. The molecule has 3 heterocycles. The molecule has 1 N–H and O–H groups in total. The Hall–Kier alpha value is -1.43. The molecule has 0 bridgehead atoms. The average Bonchev–Trinajstić information content (AvgIpc) is 3.24. The summed E-state index contributed by atoms with van der Waals surface area (Å²) in [5.41, 5.74) is 2.20. The van der Waals surface area contributed by atoms with Crippen molar-refractivity contribution in [2.45, 2.75) is 31.0 Å². The van der Waals surface area contributed by atoms with Gasteiger partial charge in [-0.1, -0.05) is 6.07 Å². The maximum Gasteiger partial charge on any atom is 0.125 e. The Labute approximate surface area is 140 Å². The molecule has 1 aromatic heterocycles. The summed E-state index contributed by atoms with van der Waals surface area (Å²) in [6.07, 6.45) is 2.07. The molecule has 2 aromatic rings. The van der Waals surface area contributed by atoms with E-state index in [9.17, 15) is 4.39 Å². The van der Waals surface area contributed by atoms with Crippen molar-refractivity contribution in [1.29, 1.82) is 0 Å². The molecule has 2 saturated heterocycles. The molecule has 23 heavy (non-hydrogen) atoms. The highest BCUT2D eigenvalue weighted by atomic mass is 32.1. The number of ether oxygens (including phenoxy) is 1. The standard InChI is InChI=1S/C18H21FN2OS/c19-15-2-1-3-16(8-15)20-17-9-18(22-11-17)5-6-21(13-18)10-14-4-7-23-12-14/h1-4,7-8,12,17,20H,5-6,9-11,13H2/t17-,18-/m0/s1. The van der Waals surface area contributed by atoms with Crippen molar-refractivity contribution in [3.8, 4) is 0 Å². The van der Waals surface area contributed by atoms with E-state index in [1.807, 2.05) is 6.07 Å². The molecule has 0 unspecified atom stereocenters. The van der Waals surface area contributed by atoms with Crippen LogP contribution in [0.4, 0.5) is 10.1 Å². The van der Waals surface area contributed by atoms with Gasteiger partial charge in [-0.15, -0.1) is 0 Å². The molecule has 3 nitrogen and oxygen atoms in total. The molecular weight excluding hydrogens is 311 g/mol. The molecule has 2 aliphatic heterocycles. The summed E-state index contributed by atoms with van der Waals surface area (Å²) in [6, 6.07) is 9.12. The lowest BCUT2D eigenvalue weighted by atomic mass is 9.97. The van der Waals surface area contributed by atoms with Gasteiger partial charge in [0.25, 0.3) is 0 Å². The van der Waals surface area contributed by atoms with Gasteiger partial charge in [-0.3, -0.25) is 4.90 Å². The van der Waals surface area contributed by atoms with Gasteiger partial charge in [0.1, 0.15) is 5.82 Å². The number of rotatable bonds is 4. The first-order valence-corrected chi connectivity index (χ1v) is 9.05. The van der Waals surface area contributed by atoms with Crippen LogP contribution in [-0.2, 0) is 11.3 Å². The number of nitrogens with zero attached hydrogens (tertiary/aromatic N) is 1. The lowest BCUT2D eigenvalue weighted by Crippen LogP contribution is -2.33. The molecular formula is C18H21FN2OS. The monoisotopic (exact) mass is 332 g/mol. The summed E-state index contributed by atoms with van der Waals surface area (Å²) in [5.74, 6) is -0.202. The van der Waals surface area contributed by atoms with Gasteiger partial charge < -0.3 is 10.1 Å². The summed E-state index contributed by atoms with van der Waals surface area (Å²) < 4.78 is 19.5. The van der Waals surface area contributed by atoms with Crippen LogP contribution in [0.1, 0.15) is 18.4 Å². The summed E-state index contributed by atoms with van der Waals surface area (Å²) in [7, 11) is 0. The number of nitrogens with one attached hydrogen (secondary N) is 1. The quantitative estimate of drug-likeness (QED) is 0.923. The van der Waals surface area contributed by atoms with Crippen molar-refractivity contribution in [3.63, 3.8) is 0 Å². The van der Waals surface area contributed by atoms with Crippen LogP contribution in [-0.4, -0.2) is 36.2 Å². The van der Waals surface area contributed by atoms with Gasteiger partial charge in [0.15, 0.2) is 0 Å². The molecule has 2 aliphatic rings. The van der Waals surface area contributed by atoms with Crippen LogP contribution in [0.2, 0.25) is 0 Å². The first kappa shape index (κ1) is 15.1. The van der Waals surface area contributed by atoms with Crippen LogP contribution in [0.3, 0.4) is 0 Å². The molecule has 0 amide bonds. The van der Waals surface area contributed by atoms with Crippen LogP contribution in [0.25, 0.3) is 0 Å². The molecule has 0 aliphatic carbocycles. The molecule has 1 spiro atoms. The maximum absolute atomic E-state index is 13.3. The predicted octanol–water partition coefficient (Wildman–Crippen LogP) is 3.73.